The van der Waals surface area contributed by atoms with Crippen molar-refractivity contribution in [2.75, 3.05) is 17.5 Å². The molecule has 1 N–H and O–H groups in total. The molecule has 3 aromatic rings. The van der Waals surface area contributed by atoms with E-state index in [0.717, 1.165) is 4.31 Å². The van der Waals surface area contributed by atoms with Gasteiger partial charge in [0.25, 0.3) is 10.0 Å². The summed E-state index contributed by atoms with van der Waals surface area (Å²) in [5, 5.41) is 3.69. The van der Waals surface area contributed by atoms with Crippen LogP contribution < -0.4 is 14.4 Å². The summed E-state index contributed by atoms with van der Waals surface area (Å²) in [5.74, 6) is -0.657. The van der Waals surface area contributed by atoms with Crippen molar-refractivity contribution in [1.29, 1.82) is 0 Å². The minimum Gasteiger partial charge on any atom is -0.492 e. The highest BCUT2D eigenvalue weighted by Gasteiger charge is 2.35. The number of sulfonamides is 1. The molecule has 0 bridgehead atoms. The Morgan fingerprint density at radius 2 is 1.60 bits per heavy atom. The van der Waals surface area contributed by atoms with Crippen molar-refractivity contribution in [3.05, 3.63) is 88.4 Å². The van der Waals surface area contributed by atoms with E-state index in [9.17, 15) is 18.0 Å². The lowest BCUT2D eigenvalue weighted by atomic mass is 10.1. The number of benzene rings is 3. The van der Waals surface area contributed by atoms with Crippen LogP contribution in [0.25, 0.3) is 0 Å². The molecule has 0 aliphatic heterocycles. The van der Waals surface area contributed by atoms with E-state index in [2.05, 4.69) is 5.32 Å². The Balaban J connectivity index is 2.13. The number of carbonyl (C=O) groups excluding carboxylic acids is 2. The smallest absolute Gasteiger partial charge is 0.264 e. The van der Waals surface area contributed by atoms with Gasteiger partial charge in [0.15, 0.2) is 0 Å². The first-order valence-electron chi connectivity index (χ1n) is 13.6. The molecule has 0 aliphatic rings. The van der Waals surface area contributed by atoms with Gasteiger partial charge < -0.3 is 15.0 Å². The van der Waals surface area contributed by atoms with Gasteiger partial charge in [-0.3, -0.25) is 13.9 Å². The summed E-state index contributed by atoms with van der Waals surface area (Å²) in [7, 11) is -4.23. The fourth-order valence-corrected chi connectivity index (χ4v) is 6.29. The molecule has 0 saturated heterocycles. The van der Waals surface area contributed by atoms with Gasteiger partial charge in [0.05, 0.1) is 17.2 Å². The third-order valence-corrected chi connectivity index (χ3v) is 8.64. The fraction of sp³-hybridized carbons (Fsp3) is 0.355. The van der Waals surface area contributed by atoms with Gasteiger partial charge in [-0.05, 0) is 76.1 Å². The molecule has 0 spiro atoms. The van der Waals surface area contributed by atoms with E-state index < -0.39 is 34.1 Å². The van der Waals surface area contributed by atoms with Crippen molar-refractivity contribution in [3.63, 3.8) is 0 Å². The molecule has 226 valence electrons. The molecule has 8 nitrogen and oxygen atoms in total. The van der Waals surface area contributed by atoms with E-state index in [-0.39, 0.29) is 36.1 Å². The lowest BCUT2D eigenvalue weighted by molar-refractivity contribution is -0.141. The van der Waals surface area contributed by atoms with Crippen LogP contribution in [-0.4, -0.2) is 49.9 Å². The molecule has 42 heavy (non-hydrogen) atoms. The number of nitrogens with one attached hydrogen (secondary N) is 1. The van der Waals surface area contributed by atoms with Gasteiger partial charge in [0.1, 0.15) is 18.3 Å². The van der Waals surface area contributed by atoms with Crippen molar-refractivity contribution >= 4 is 50.7 Å². The molecule has 0 aromatic heterocycles. The molecule has 0 unspecified atom stereocenters. The zero-order valence-electron chi connectivity index (χ0n) is 24.4. The van der Waals surface area contributed by atoms with E-state index >= 15 is 0 Å². The van der Waals surface area contributed by atoms with Crippen LogP contribution >= 0.6 is 23.2 Å². The minimum atomic E-state index is -4.23. The number of carbonyl (C=O) groups is 2. The molecule has 0 fully saturated rings. The Hall–Kier alpha value is -3.27. The van der Waals surface area contributed by atoms with Crippen LogP contribution in [0.4, 0.5) is 5.69 Å². The van der Waals surface area contributed by atoms with Crippen molar-refractivity contribution in [1.82, 2.24) is 10.2 Å². The van der Waals surface area contributed by atoms with Gasteiger partial charge in [-0.2, -0.15) is 0 Å². The van der Waals surface area contributed by atoms with Gasteiger partial charge in [0, 0.05) is 22.1 Å². The molecule has 0 heterocycles. The van der Waals surface area contributed by atoms with Crippen LogP contribution in [0.3, 0.4) is 0 Å². The van der Waals surface area contributed by atoms with E-state index in [1.807, 2.05) is 20.8 Å². The first-order valence-corrected chi connectivity index (χ1v) is 15.8. The summed E-state index contributed by atoms with van der Waals surface area (Å²) >= 11 is 12.6. The van der Waals surface area contributed by atoms with Gasteiger partial charge in [0.2, 0.25) is 11.8 Å². The predicted octanol–water partition coefficient (Wildman–Crippen LogP) is 6.31. The molecule has 0 aliphatic carbocycles. The molecule has 11 heteroatoms. The summed E-state index contributed by atoms with van der Waals surface area (Å²) in [6.45, 7) is 8.77. The normalized spacial score (nSPS) is 12.4. The summed E-state index contributed by atoms with van der Waals surface area (Å²) in [5.41, 5.74) is 0.202. The number of hydrogen-bond donors (Lipinski definition) is 1. The fourth-order valence-electron chi connectivity index (χ4n) is 4.38. The van der Waals surface area contributed by atoms with Crippen molar-refractivity contribution in [3.8, 4) is 5.75 Å². The van der Waals surface area contributed by atoms with Crippen LogP contribution in [0.15, 0.2) is 77.7 Å². The number of hydrogen-bond acceptors (Lipinski definition) is 5. The molecule has 3 aromatic carbocycles. The van der Waals surface area contributed by atoms with E-state index in [1.54, 1.807) is 74.5 Å². The summed E-state index contributed by atoms with van der Waals surface area (Å²) in [6.07, 6.45) is 0.278. The summed E-state index contributed by atoms with van der Waals surface area (Å²) < 4.78 is 34.9. The predicted molar refractivity (Wildman–Crippen MR) is 168 cm³/mol. The highest BCUT2D eigenvalue weighted by Crippen LogP contribution is 2.33. The highest BCUT2D eigenvalue weighted by molar-refractivity contribution is 7.92. The van der Waals surface area contributed by atoms with Crippen molar-refractivity contribution < 1.29 is 22.7 Å². The molecule has 0 radical (unpaired) electrons. The Bertz CT molecular complexity index is 1490. The number of halogens is 2. The van der Waals surface area contributed by atoms with Gasteiger partial charge in [-0.25, -0.2) is 8.42 Å². The van der Waals surface area contributed by atoms with Gasteiger partial charge >= 0.3 is 0 Å². The first-order chi connectivity index (χ1) is 19.8. The SMILES string of the molecule is CCOc1ccccc1N(CC(=O)N(Cc1ccc(Cl)cc1Cl)[C@H](CC)C(=O)NC(C)(C)C)S(=O)(=O)c1ccccc1. The van der Waals surface area contributed by atoms with E-state index in [4.69, 9.17) is 27.9 Å². The zero-order valence-corrected chi connectivity index (χ0v) is 26.8. The Morgan fingerprint density at radius 3 is 2.19 bits per heavy atom. The van der Waals surface area contributed by atoms with Gasteiger partial charge in [-0.15, -0.1) is 0 Å². The average Bonchev–Trinajstić information content (AvgIpc) is 2.92. The zero-order chi connectivity index (χ0) is 31.1. The molecule has 1 atom stereocenters. The number of para-hydroxylation sites is 2. The quantitative estimate of drug-likeness (QED) is 0.252. The summed E-state index contributed by atoms with van der Waals surface area (Å²) in [4.78, 5) is 29.1. The van der Waals surface area contributed by atoms with E-state index in [1.165, 1.54) is 17.0 Å². The Labute approximate surface area is 258 Å². The number of nitrogens with zero attached hydrogens (tertiary/aromatic N) is 2. The third-order valence-electron chi connectivity index (χ3n) is 6.28. The van der Waals surface area contributed by atoms with Crippen LogP contribution in [0.5, 0.6) is 5.75 Å². The summed E-state index contributed by atoms with van der Waals surface area (Å²) in [6, 6.07) is 18.5. The Kier molecular flexibility index (Phi) is 11.3. The van der Waals surface area contributed by atoms with Crippen LogP contribution in [0.2, 0.25) is 10.0 Å². The molecule has 3 rings (SSSR count). The highest BCUT2D eigenvalue weighted by atomic mass is 35.5. The Morgan fingerprint density at radius 1 is 0.952 bits per heavy atom. The number of anilines is 1. The van der Waals surface area contributed by atoms with Gasteiger partial charge in [-0.1, -0.05) is 66.5 Å². The van der Waals surface area contributed by atoms with E-state index in [0.29, 0.717) is 21.4 Å². The van der Waals surface area contributed by atoms with Crippen LogP contribution in [0.1, 0.15) is 46.6 Å². The maximum Gasteiger partial charge on any atom is 0.264 e. The largest absolute Gasteiger partial charge is 0.492 e. The third kappa shape index (κ3) is 8.40. The number of rotatable bonds is 12. The minimum absolute atomic E-state index is 0.00825. The maximum absolute atomic E-state index is 14.3. The molecule has 2 amide bonds. The lowest BCUT2D eigenvalue weighted by Crippen LogP contribution is -2.55. The second-order valence-electron chi connectivity index (χ2n) is 10.6. The topological polar surface area (TPSA) is 96.0 Å². The molecular formula is C31H37Cl2N3O5S. The lowest BCUT2D eigenvalue weighted by Gasteiger charge is -2.35. The maximum atomic E-state index is 14.3. The first kappa shape index (κ1) is 33.2. The second-order valence-corrected chi connectivity index (χ2v) is 13.4. The van der Waals surface area contributed by atoms with Crippen molar-refractivity contribution in [2.24, 2.45) is 0 Å². The van der Waals surface area contributed by atoms with Crippen LogP contribution in [-0.2, 0) is 26.2 Å². The average molecular weight is 635 g/mol. The standard InChI is InChI=1S/C31H37Cl2N3O5S/c1-6-26(30(38)34-31(3,4)5)35(20-22-17-18-23(32)19-25(22)33)29(37)21-36(27-15-11-12-16-28(27)41-7-2)42(39,40)24-13-9-8-10-14-24/h8-19,26H,6-7,20-21H2,1-5H3,(H,34,38)/t26-/m1/s1. The molecule has 0 saturated carbocycles. The van der Waals surface area contributed by atoms with Crippen LogP contribution in [0, 0.1) is 0 Å². The number of ether oxygens (including phenoxy) is 1. The molecular weight excluding hydrogens is 597 g/mol. The van der Waals surface area contributed by atoms with Crippen molar-refractivity contribution in [2.45, 2.75) is 64.1 Å². The number of amides is 2. The second kappa shape index (κ2) is 14.3. The monoisotopic (exact) mass is 633 g/mol.